The molecule has 272 valence electrons. The zero-order valence-electron chi connectivity index (χ0n) is 29.7. The van der Waals surface area contributed by atoms with E-state index in [1.165, 1.54) is 30.5 Å². The van der Waals surface area contributed by atoms with Gasteiger partial charge in [0.05, 0.1) is 43.3 Å². The van der Waals surface area contributed by atoms with Crippen molar-refractivity contribution in [2.75, 3.05) is 20.8 Å². The Hall–Kier alpha value is -4.53. The van der Waals surface area contributed by atoms with Crippen LogP contribution in [0.3, 0.4) is 0 Å². The van der Waals surface area contributed by atoms with Gasteiger partial charge in [-0.1, -0.05) is 95.6 Å². The molecule has 0 fully saturated rings. The molecule has 0 spiro atoms. The molecule has 0 saturated heterocycles. The molecule has 0 bridgehead atoms. The van der Waals surface area contributed by atoms with Crippen LogP contribution in [0.4, 0.5) is 9.59 Å². The Morgan fingerprint density at radius 2 is 1.58 bits per heavy atom. The highest BCUT2D eigenvalue weighted by Gasteiger charge is 2.40. The van der Waals surface area contributed by atoms with Gasteiger partial charge in [-0.3, -0.25) is 14.6 Å². The largest absolute Gasteiger partial charge is 0.453 e. The number of aromatic nitrogens is 1. The average molecular weight is 711 g/mol. The fourth-order valence-electron chi connectivity index (χ4n) is 5.36. The third-order valence-corrected chi connectivity index (χ3v) is 9.40. The Morgan fingerprint density at radius 1 is 0.960 bits per heavy atom. The minimum absolute atomic E-state index is 0.198. The lowest BCUT2D eigenvalue weighted by molar-refractivity contribution is -0.140. The van der Waals surface area contributed by atoms with Crippen LogP contribution in [0.15, 0.2) is 66.3 Å². The molecule has 0 aliphatic heterocycles. The number of benzene rings is 2. The van der Waals surface area contributed by atoms with Gasteiger partial charge in [0.25, 0.3) is 0 Å². The van der Waals surface area contributed by atoms with Gasteiger partial charge in [0.1, 0.15) is 18.2 Å². The molecular weight excluding hydrogens is 660 g/mol. The highest BCUT2D eigenvalue weighted by atomic mass is 32.1. The molecule has 3 aromatic rings. The van der Waals surface area contributed by atoms with E-state index in [0.29, 0.717) is 12.0 Å². The van der Waals surface area contributed by atoms with E-state index in [1.807, 2.05) is 56.3 Å². The standard InChI is InChI=1S/C36H50N6O7S/c1-8-22(2)29(40-34(46)48-6)32(44)39-26(18-23-12-10-9-11-13-23)27(43)20-42(33(45)30(36(3,4)5)41-35(47)49-7)31(37)25-16-14-24(15-17-25)28-19-38-21-50-28/h9-17,19,21-22,26-27,29-31,43H,8,18,20,37H2,1-7H3,(H,39,44)(H,40,46)(H,41,47)/t22-,26-,27-,29-,30+,31?/m0/s1. The van der Waals surface area contributed by atoms with Crippen LogP contribution in [-0.4, -0.2) is 84.0 Å². The van der Waals surface area contributed by atoms with Crippen LogP contribution in [0.1, 0.15) is 58.3 Å². The van der Waals surface area contributed by atoms with Gasteiger partial charge in [-0.25, -0.2) is 9.59 Å². The first-order valence-electron chi connectivity index (χ1n) is 16.5. The number of hydrogen-bond acceptors (Lipinski definition) is 10. The number of carbonyl (C=O) groups excluding carboxylic acids is 4. The zero-order chi connectivity index (χ0) is 37.0. The van der Waals surface area contributed by atoms with Crippen molar-refractivity contribution >= 4 is 35.3 Å². The van der Waals surface area contributed by atoms with Crippen LogP contribution in [0, 0.1) is 11.3 Å². The summed E-state index contributed by atoms with van der Waals surface area (Å²) < 4.78 is 9.58. The molecule has 4 amide bonds. The highest BCUT2D eigenvalue weighted by molar-refractivity contribution is 7.13. The van der Waals surface area contributed by atoms with E-state index in [1.54, 1.807) is 44.6 Å². The van der Waals surface area contributed by atoms with Crippen molar-refractivity contribution in [1.82, 2.24) is 25.8 Å². The molecule has 0 aliphatic rings. The Labute approximate surface area is 297 Å². The SMILES string of the molecule is CC[C@H](C)[C@H](NC(=O)OC)C(=O)N[C@@H](Cc1ccccc1)[C@@H](O)CN(C(=O)[C@@H](NC(=O)OC)C(C)(C)C)C(N)c1ccc(-c2cncs2)cc1. The number of nitrogens with zero attached hydrogens (tertiary/aromatic N) is 2. The fraction of sp³-hybridized carbons (Fsp3) is 0.472. The number of nitrogens with one attached hydrogen (secondary N) is 3. The quantitative estimate of drug-likeness (QED) is 0.144. The predicted octanol–water partition coefficient (Wildman–Crippen LogP) is 4.23. The molecule has 1 heterocycles. The summed E-state index contributed by atoms with van der Waals surface area (Å²) in [7, 11) is 2.42. The summed E-state index contributed by atoms with van der Waals surface area (Å²) in [5.41, 5.74) is 10.1. The zero-order valence-corrected chi connectivity index (χ0v) is 30.5. The van der Waals surface area contributed by atoms with Crippen LogP contribution in [0.5, 0.6) is 0 Å². The van der Waals surface area contributed by atoms with Gasteiger partial charge in [-0.15, -0.1) is 11.3 Å². The van der Waals surface area contributed by atoms with E-state index in [9.17, 15) is 24.3 Å². The molecule has 6 atom stereocenters. The molecule has 0 aliphatic carbocycles. The van der Waals surface area contributed by atoms with Crippen molar-refractivity contribution in [3.8, 4) is 10.4 Å². The second-order valence-electron chi connectivity index (χ2n) is 13.2. The van der Waals surface area contributed by atoms with Gasteiger partial charge < -0.3 is 41.2 Å². The Balaban J connectivity index is 2.03. The first-order valence-corrected chi connectivity index (χ1v) is 17.3. The first kappa shape index (κ1) is 39.9. The predicted molar refractivity (Wildman–Crippen MR) is 192 cm³/mol. The second kappa shape index (κ2) is 18.5. The summed E-state index contributed by atoms with van der Waals surface area (Å²) in [6.07, 6.45) is -1.44. The molecular formula is C36H50N6O7S. The van der Waals surface area contributed by atoms with Crippen LogP contribution in [0.2, 0.25) is 0 Å². The van der Waals surface area contributed by atoms with Crippen molar-refractivity contribution in [1.29, 1.82) is 0 Å². The van der Waals surface area contributed by atoms with Crippen molar-refractivity contribution in [2.45, 2.75) is 77.9 Å². The third-order valence-electron chi connectivity index (χ3n) is 8.58. The number of alkyl carbamates (subject to hydrolysis) is 2. The number of aliphatic hydroxyl groups excluding tert-OH is 1. The van der Waals surface area contributed by atoms with Crippen molar-refractivity contribution in [2.24, 2.45) is 17.1 Å². The Morgan fingerprint density at radius 3 is 2.12 bits per heavy atom. The van der Waals surface area contributed by atoms with Crippen LogP contribution in [-0.2, 0) is 25.5 Å². The van der Waals surface area contributed by atoms with Crippen LogP contribution < -0.4 is 21.7 Å². The summed E-state index contributed by atoms with van der Waals surface area (Å²) in [5, 5.41) is 20.1. The lowest BCUT2D eigenvalue weighted by atomic mass is 9.85. The maximum atomic E-state index is 14.4. The van der Waals surface area contributed by atoms with Crippen LogP contribution in [0.25, 0.3) is 10.4 Å². The molecule has 0 radical (unpaired) electrons. The number of aliphatic hydroxyl groups is 1. The van der Waals surface area contributed by atoms with Gasteiger partial charge in [-0.2, -0.15) is 0 Å². The number of methoxy groups -OCH3 is 2. The summed E-state index contributed by atoms with van der Waals surface area (Å²) in [6.45, 7) is 8.76. The molecule has 13 nitrogen and oxygen atoms in total. The second-order valence-corrected chi connectivity index (χ2v) is 14.1. The molecule has 50 heavy (non-hydrogen) atoms. The lowest BCUT2D eigenvalue weighted by Gasteiger charge is -2.39. The minimum atomic E-state index is -1.35. The smallest absolute Gasteiger partial charge is 0.407 e. The molecule has 6 N–H and O–H groups in total. The summed E-state index contributed by atoms with van der Waals surface area (Å²) in [4.78, 5) is 59.1. The summed E-state index contributed by atoms with van der Waals surface area (Å²) in [5.74, 6) is -1.35. The molecule has 3 rings (SSSR count). The maximum absolute atomic E-state index is 14.4. The number of carbonyl (C=O) groups is 4. The van der Waals surface area contributed by atoms with E-state index in [2.05, 4.69) is 20.9 Å². The number of rotatable bonds is 15. The molecule has 1 unspecified atom stereocenters. The van der Waals surface area contributed by atoms with E-state index in [-0.39, 0.29) is 18.9 Å². The van der Waals surface area contributed by atoms with Crippen molar-refractivity contribution in [3.05, 3.63) is 77.4 Å². The number of amides is 4. The van der Waals surface area contributed by atoms with Gasteiger partial charge >= 0.3 is 12.2 Å². The minimum Gasteiger partial charge on any atom is -0.453 e. The highest BCUT2D eigenvalue weighted by Crippen LogP contribution is 2.28. The Kier molecular flexibility index (Phi) is 14.7. The van der Waals surface area contributed by atoms with Crippen molar-refractivity contribution < 1.29 is 33.8 Å². The van der Waals surface area contributed by atoms with E-state index in [0.717, 1.165) is 16.0 Å². The number of hydrogen-bond donors (Lipinski definition) is 5. The third kappa shape index (κ3) is 11.0. The normalized spacial score (nSPS) is 15.0. The Bertz CT molecular complexity index is 1530. The van der Waals surface area contributed by atoms with E-state index >= 15 is 0 Å². The summed E-state index contributed by atoms with van der Waals surface area (Å²) in [6, 6.07) is 13.6. The maximum Gasteiger partial charge on any atom is 0.407 e. The first-order chi connectivity index (χ1) is 23.7. The molecule has 14 heteroatoms. The molecule has 1 aromatic heterocycles. The number of thiazole rings is 1. The molecule has 0 saturated carbocycles. The van der Waals surface area contributed by atoms with Gasteiger partial charge in [0.2, 0.25) is 11.8 Å². The van der Waals surface area contributed by atoms with Gasteiger partial charge in [0, 0.05) is 6.20 Å². The lowest BCUT2D eigenvalue weighted by Crippen LogP contribution is -2.60. The average Bonchev–Trinajstić information content (AvgIpc) is 3.65. The van der Waals surface area contributed by atoms with Gasteiger partial charge in [-0.05, 0) is 34.4 Å². The van der Waals surface area contributed by atoms with Crippen molar-refractivity contribution in [3.63, 3.8) is 0 Å². The monoisotopic (exact) mass is 710 g/mol. The topological polar surface area (TPSA) is 185 Å². The fourth-order valence-corrected chi connectivity index (χ4v) is 5.98. The summed E-state index contributed by atoms with van der Waals surface area (Å²) >= 11 is 1.49. The van der Waals surface area contributed by atoms with E-state index in [4.69, 9.17) is 15.2 Å². The van der Waals surface area contributed by atoms with E-state index < -0.39 is 59.8 Å². The number of nitrogens with two attached hydrogens (primary N) is 1. The van der Waals surface area contributed by atoms with Crippen LogP contribution >= 0.6 is 11.3 Å². The molecule has 2 aromatic carbocycles. The van der Waals surface area contributed by atoms with Gasteiger partial charge in [0.15, 0.2) is 0 Å². The number of ether oxygens (including phenoxy) is 2.